The molecule has 6 heteroatoms. The van der Waals surface area contributed by atoms with E-state index in [9.17, 15) is 9.50 Å². The molecule has 0 aliphatic carbocycles. The van der Waals surface area contributed by atoms with Gasteiger partial charge in [0, 0.05) is 37.6 Å². The van der Waals surface area contributed by atoms with Gasteiger partial charge in [-0.15, -0.1) is 0 Å². The average molecular weight is 284 g/mol. The fourth-order valence-electron chi connectivity index (χ4n) is 1.07. The number of aliphatic hydroxyl groups is 1. The summed E-state index contributed by atoms with van der Waals surface area (Å²) in [5.41, 5.74) is 8.46. The van der Waals surface area contributed by atoms with Crippen molar-refractivity contribution in [2.24, 2.45) is 5.11 Å². The van der Waals surface area contributed by atoms with Gasteiger partial charge >= 0.3 is 0 Å². The van der Waals surface area contributed by atoms with Crippen LogP contribution in [-0.4, -0.2) is 17.8 Å². The van der Waals surface area contributed by atoms with Gasteiger partial charge in [0.1, 0.15) is 12.3 Å². The van der Waals surface area contributed by atoms with Gasteiger partial charge in [-0.2, -0.15) is 0 Å². The number of aliphatic hydroxyl groups excluding tert-OH is 1. The van der Waals surface area contributed by atoms with Crippen molar-refractivity contribution < 1.29 is 42.2 Å². The van der Waals surface area contributed by atoms with Crippen molar-refractivity contribution in [3.63, 3.8) is 0 Å². The Morgan fingerprint density at radius 1 is 1.40 bits per heavy atom. The molecule has 1 aromatic carbocycles. The van der Waals surface area contributed by atoms with Crippen LogP contribution in [-0.2, 0) is 32.7 Å². The topological polar surface area (TPSA) is 69.0 Å². The molecule has 0 aliphatic heterocycles. The molecule has 0 aliphatic rings. The average Bonchev–Trinajstić information content (AvgIpc) is 2.26. The molecule has 1 radical (unpaired) electrons. The predicted octanol–water partition coefficient (Wildman–Crippen LogP) is 2.37. The minimum absolute atomic E-state index is 0. The van der Waals surface area contributed by atoms with Crippen LogP contribution in [0.2, 0.25) is 0 Å². The molecule has 0 heterocycles. The molecular formula is C9H10FN3OY. The zero-order valence-electron chi connectivity index (χ0n) is 7.99. The molecule has 4 nitrogen and oxygen atoms in total. The first-order valence-electron chi connectivity index (χ1n) is 4.13. The first kappa shape index (κ1) is 14.5. The van der Waals surface area contributed by atoms with Crippen LogP contribution in [0, 0.1) is 0 Å². The molecule has 1 aromatic rings. The summed E-state index contributed by atoms with van der Waals surface area (Å²) in [5.74, 6) is 0. The second-order valence-electron chi connectivity index (χ2n) is 2.78. The maximum atomic E-state index is 13.2. The van der Waals surface area contributed by atoms with E-state index >= 15 is 0 Å². The summed E-state index contributed by atoms with van der Waals surface area (Å²) in [6.45, 7) is -0.355. The van der Waals surface area contributed by atoms with Gasteiger partial charge in [-0.1, -0.05) is 35.4 Å². The number of alkyl halides is 1. The summed E-state index contributed by atoms with van der Waals surface area (Å²) in [4.78, 5) is 2.43. The van der Waals surface area contributed by atoms with Gasteiger partial charge in [0.05, 0.1) is 6.54 Å². The molecule has 0 saturated carbocycles. The van der Waals surface area contributed by atoms with Crippen LogP contribution in [0.5, 0.6) is 0 Å². The van der Waals surface area contributed by atoms with Crippen LogP contribution in [0.25, 0.3) is 10.4 Å². The molecule has 1 rings (SSSR count). The third-order valence-electron chi connectivity index (χ3n) is 1.80. The Hall–Kier alpha value is -0.476. The van der Waals surface area contributed by atoms with Crippen molar-refractivity contribution in [1.82, 2.24) is 0 Å². The number of hydrogen-bond donors (Lipinski definition) is 1. The summed E-state index contributed by atoms with van der Waals surface area (Å²) in [5, 5.41) is 12.5. The summed E-state index contributed by atoms with van der Waals surface area (Å²) < 4.78 is 13.2. The third kappa shape index (κ3) is 4.71. The Labute approximate surface area is 112 Å². The normalized spacial score (nSPS) is 13.2. The molecule has 77 valence electrons. The monoisotopic (exact) mass is 284 g/mol. The zero-order valence-corrected chi connectivity index (χ0v) is 10.8. The van der Waals surface area contributed by atoms with Crippen LogP contribution in [0.15, 0.2) is 35.4 Å². The number of benzene rings is 1. The molecule has 0 fully saturated rings. The number of azide groups is 1. The van der Waals surface area contributed by atoms with Gasteiger partial charge < -0.3 is 5.11 Å². The van der Waals surface area contributed by atoms with Crippen molar-refractivity contribution in [1.29, 1.82) is 0 Å². The SMILES string of the molecule is [N-]=[N+]=NC[C@H](F)[C@@H](O)c1ccccc1.[Y]. The van der Waals surface area contributed by atoms with E-state index in [1.54, 1.807) is 30.3 Å². The molecule has 0 saturated heterocycles. The summed E-state index contributed by atoms with van der Waals surface area (Å²) >= 11 is 0. The fraction of sp³-hybridized carbons (Fsp3) is 0.333. The fourth-order valence-corrected chi connectivity index (χ4v) is 1.07. The standard InChI is InChI=1S/C9H10FN3O.Y/c10-8(6-12-13-11)9(14)7-4-2-1-3-5-7;/h1-5,8-9,14H,6H2;/t8-,9-;/m0./s1. The van der Waals surface area contributed by atoms with Crippen LogP contribution < -0.4 is 0 Å². The maximum absolute atomic E-state index is 13.2. The first-order chi connectivity index (χ1) is 6.75. The summed E-state index contributed by atoms with van der Waals surface area (Å²) in [7, 11) is 0. The summed E-state index contributed by atoms with van der Waals surface area (Å²) in [6, 6.07) is 8.43. The van der Waals surface area contributed by atoms with E-state index in [0.717, 1.165) is 0 Å². The number of hydrogen-bond acceptors (Lipinski definition) is 2. The molecule has 2 atom stereocenters. The smallest absolute Gasteiger partial charge is 0.136 e. The molecule has 0 unspecified atom stereocenters. The van der Waals surface area contributed by atoms with Gasteiger partial charge in [0.15, 0.2) is 0 Å². The largest absolute Gasteiger partial charge is 0.385 e. The number of halogens is 1. The van der Waals surface area contributed by atoms with Crippen molar-refractivity contribution in [3.05, 3.63) is 46.3 Å². The second-order valence-corrected chi connectivity index (χ2v) is 2.78. The molecule has 15 heavy (non-hydrogen) atoms. The van der Waals surface area contributed by atoms with Crippen molar-refractivity contribution in [2.75, 3.05) is 6.54 Å². The van der Waals surface area contributed by atoms with E-state index in [1.165, 1.54) is 0 Å². The van der Waals surface area contributed by atoms with Crippen molar-refractivity contribution in [3.8, 4) is 0 Å². The van der Waals surface area contributed by atoms with Gasteiger partial charge in [-0.05, 0) is 11.1 Å². The van der Waals surface area contributed by atoms with Gasteiger partial charge in [-0.25, -0.2) is 4.39 Å². The van der Waals surface area contributed by atoms with Crippen LogP contribution in [0.4, 0.5) is 4.39 Å². The third-order valence-corrected chi connectivity index (χ3v) is 1.80. The number of rotatable bonds is 4. The Kier molecular flexibility index (Phi) is 7.52. The Balaban J connectivity index is 0.00000196. The molecule has 0 amide bonds. The first-order valence-corrected chi connectivity index (χ1v) is 4.13. The molecule has 0 spiro atoms. The minimum Gasteiger partial charge on any atom is -0.385 e. The van der Waals surface area contributed by atoms with Crippen molar-refractivity contribution >= 4 is 0 Å². The van der Waals surface area contributed by atoms with Crippen LogP contribution in [0.3, 0.4) is 0 Å². The van der Waals surface area contributed by atoms with Gasteiger partial charge in [0.25, 0.3) is 0 Å². The van der Waals surface area contributed by atoms with Crippen LogP contribution >= 0.6 is 0 Å². The van der Waals surface area contributed by atoms with E-state index in [1.807, 2.05) is 0 Å². The molecule has 0 bridgehead atoms. The van der Waals surface area contributed by atoms with E-state index < -0.39 is 12.3 Å². The Bertz CT molecular complexity index is 329. The van der Waals surface area contributed by atoms with Crippen LogP contribution in [0.1, 0.15) is 11.7 Å². The quantitative estimate of drug-likeness (QED) is 0.514. The van der Waals surface area contributed by atoms with E-state index in [2.05, 4.69) is 10.0 Å². The van der Waals surface area contributed by atoms with Crippen molar-refractivity contribution in [2.45, 2.75) is 12.3 Å². The van der Waals surface area contributed by atoms with Gasteiger partial charge in [-0.3, -0.25) is 0 Å². The summed E-state index contributed by atoms with van der Waals surface area (Å²) in [6.07, 6.45) is -2.80. The Morgan fingerprint density at radius 3 is 2.53 bits per heavy atom. The Morgan fingerprint density at radius 2 is 2.00 bits per heavy atom. The molecule has 0 aromatic heterocycles. The van der Waals surface area contributed by atoms with Gasteiger partial charge in [0.2, 0.25) is 0 Å². The predicted molar refractivity (Wildman–Crippen MR) is 50.3 cm³/mol. The second kappa shape index (κ2) is 7.77. The molecule has 1 N–H and O–H groups in total. The van der Waals surface area contributed by atoms with E-state index in [4.69, 9.17) is 5.53 Å². The number of nitrogens with zero attached hydrogens (tertiary/aromatic N) is 3. The minimum atomic E-state index is -1.56. The van der Waals surface area contributed by atoms with E-state index in [0.29, 0.717) is 5.56 Å². The van der Waals surface area contributed by atoms with E-state index in [-0.39, 0.29) is 39.3 Å². The molecular weight excluding hydrogens is 274 g/mol. The zero-order chi connectivity index (χ0) is 10.4. The maximum Gasteiger partial charge on any atom is 0.136 e.